The van der Waals surface area contributed by atoms with E-state index in [1.54, 1.807) is 26.2 Å². The van der Waals surface area contributed by atoms with E-state index in [-0.39, 0.29) is 36.8 Å². The summed E-state index contributed by atoms with van der Waals surface area (Å²) in [4.78, 5) is 26.2. The molecule has 10 heteroatoms. The number of aliphatic hydroxyl groups excluding tert-OH is 1. The van der Waals surface area contributed by atoms with Gasteiger partial charge < -0.3 is 35.7 Å². The first kappa shape index (κ1) is 36.1. The normalized spacial score (nSPS) is 14.8. The van der Waals surface area contributed by atoms with Gasteiger partial charge in [0.05, 0.1) is 31.8 Å². The fraction of sp³-hybridized carbons (Fsp3) is 0.576. The number of benzene rings is 2. The van der Waals surface area contributed by atoms with Gasteiger partial charge in [0.25, 0.3) is 0 Å². The number of hydrogen-bond acceptors (Lipinski definition) is 7. The number of rotatable bonds is 20. The first-order chi connectivity index (χ1) is 20.5. The third-order valence-corrected chi connectivity index (χ3v) is 7.54. The zero-order chi connectivity index (χ0) is 31.8. The van der Waals surface area contributed by atoms with E-state index in [1.165, 1.54) is 12.1 Å². The minimum Gasteiger partial charge on any atom is -0.493 e. The van der Waals surface area contributed by atoms with Crippen molar-refractivity contribution in [1.29, 1.82) is 0 Å². The van der Waals surface area contributed by atoms with Gasteiger partial charge in [-0.3, -0.25) is 9.59 Å². The molecule has 2 rings (SSSR count). The molecule has 2 amide bonds. The minimum atomic E-state index is -0.928. The standard InChI is InChI=1S/C33H50FN3O6/c1-6-22(2)31(33(40)36-19-25-10-12-27(34)13-11-25)37-32(39)29(24(4)38)15-14-28(35)21-42-20-26-9-8-23(3)30(18-26)43-17-7-16-41-5/h8-13,18,22,24,28-29,31,38H,6-7,14-17,19-21,35H2,1-5H3,(H,36,40)(H,37,39)/t22?,24?,28?,29-,31?/m0/s1. The Morgan fingerprint density at radius 3 is 2.37 bits per heavy atom. The summed E-state index contributed by atoms with van der Waals surface area (Å²) >= 11 is 0. The summed E-state index contributed by atoms with van der Waals surface area (Å²) < 4.78 is 30.0. The molecule has 9 nitrogen and oxygen atoms in total. The fourth-order valence-corrected chi connectivity index (χ4v) is 4.54. The molecule has 0 saturated heterocycles. The quantitative estimate of drug-likeness (QED) is 0.168. The van der Waals surface area contributed by atoms with Crippen molar-refractivity contribution in [2.24, 2.45) is 17.6 Å². The largest absolute Gasteiger partial charge is 0.493 e. The van der Waals surface area contributed by atoms with Crippen LogP contribution in [-0.4, -0.2) is 62.0 Å². The maximum atomic E-state index is 13.2. The highest BCUT2D eigenvalue weighted by Crippen LogP contribution is 2.21. The molecule has 5 N–H and O–H groups in total. The van der Waals surface area contributed by atoms with Crippen molar-refractivity contribution in [2.45, 2.75) is 84.7 Å². The van der Waals surface area contributed by atoms with Gasteiger partial charge in [-0.25, -0.2) is 4.39 Å². The summed E-state index contributed by atoms with van der Waals surface area (Å²) in [5, 5.41) is 16.1. The summed E-state index contributed by atoms with van der Waals surface area (Å²) in [7, 11) is 1.66. The number of ether oxygens (including phenoxy) is 3. The molecule has 0 fully saturated rings. The highest BCUT2D eigenvalue weighted by Gasteiger charge is 2.31. The van der Waals surface area contributed by atoms with Crippen LogP contribution in [0.1, 0.15) is 63.1 Å². The van der Waals surface area contributed by atoms with E-state index < -0.39 is 24.0 Å². The Morgan fingerprint density at radius 1 is 1.02 bits per heavy atom. The van der Waals surface area contributed by atoms with Crippen LogP contribution in [0.4, 0.5) is 4.39 Å². The number of hydrogen-bond donors (Lipinski definition) is 4. The lowest BCUT2D eigenvalue weighted by atomic mass is 9.92. The van der Waals surface area contributed by atoms with E-state index in [1.807, 2.05) is 39.0 Å². The number of halogens is 1. The highest BCUT2D eigenvalue weighted by atomic mass is 19.1. The van der Waals surface area contributed by atoms with Crippen molar-refractivity contribution in [2.75, 3.05) is 26.9 Å². The van der Waals surface area contributed by atoms with Crippen LogP contribution in [0, 0.1) is 24.6 Å². The number of carbonyl (C=O) groups excluding carboxylic acids is 2. The third kappa shape index (κ3) is 13.0. The Bertz CT molecular complexity index is 1110. The molecule has 0 bridgehead atoms. The van der Waals surface area contributed by atoms with Crippen molar-refractivity contribution >= 4 is 11.8 Å². The lowest BCUT2D eigenvalue weighted by molar-refractivity contribution is -0.134. The van der Waals surface area contributed by atoms with Gasteiger partial charge >= 0.3 is 0 Å². The predicted molar refractivity (Wildman–Crippen MR) is 165 cm³/mol. The average Bonchev–Trinajstić information content (AvgIpc) is 2.98. The molecule has 0 radical (unpaired) electrons. The molecule has 0 aliphatic heterocycles. The smallest absolute Gasteiger partial charge is 0.243 e. The Hall–Kier alpha value is -3.05. The summed E-state index contributed by atoms with van der Waals surface area (Å²) in [6.45, 7) is 9.46. The Kier molecular flexibility index (Phi) is 16.2. The van der Waals surface area contributed by atoms with Crippen molar-refractivity contribution in [3.05, 3.63) is 65.0 Å². The lowest BCUT2D eigenvalue weighted by Crippen LogP contribution is -2.52. The Balaban J connectivity index is 1.86. The van der Waals surface area contributed by atoms with Crippen LogP contribution in [0.25, 0.3) is 0 Å². The SMILES string of the molecule is CCC(C)C(NC(=O)[C@@H](CCC(N)COCc1ccc(C)c(OCCCOC)c1)C(C)O)C(=O)NCc1ccc(F)cc1. The van der Waals surface area contributed by atoms with E-state index in [2.05, 4.69) is 10.6 Å². The van der Waals surface area contributed by atoms with E-state index in [9.17, 15) is 19.1 Å². The maximum absolute atomic E-state index is 13.2. The number of nitrogens with two attached hydrogens (primary N) is 1. The van der Waals surface area contributed by atoms with Crippen LogP contribution in [-0.2, 0) is 32.2 Å². The van der Waals surface area contributed by atoms with Gasteiger partial charge in [0, 0.05) is 32.7 Å². The van der Waals surface area contributed by atoms with E-state index >= 15 is 0 Å². The number of methoxy groups -OCH3 is 1. The first-order valence-electron chi connectivity index (χ1n) is 15.1. The van der Waals surface area contributed by atoms with Gasteiger partial charge in [0.15, 0.2) is 0 Å². The molecule has 2 aromatic carbocycles. The molecule has 2 aromatic rings. The highest BCUT2D eigenvalue weighted by molar-refractivity contribution is 5.88. The van der Waals surface area contributed by atoms with Crippen LogP contribution in [0.5, 0.6) is 5.75 Å². The molecule has 240 valence electrons. The molecule has 4 unspecified atom stereocenters. The third-order valence-electron chi connectivity index (χ3n) is 7.54. The van der Waals surface area contributed by atoms with Crippen LogP contribution >= 0.6 is 0 Å². The number of aliphatic hydroxyl groups is 1. The number of aryl methyl sites for hydroxylation is 1. The van der Waals surface area contributed by atoms with Gasteiger partial charge in [-0.15, -0.1) is 0 Å². The second kappa shape index (κ2) is 19.3. The van der Waals surface area contributed by atoms with Crippen LogP contribution in [0.2, 0.25) is 0 Å². The van der Waals surface area contributed by atoms with Crippen molar-refractivity contribution in [3.63, 3.8) is 0 Å². The van der Waals surface area contributed by atoms with Gasteiger partial charge in [0.2, 0.25) is 11.8 Å². The molecule has 0 aliphatic carbocycles. The number of nitrogens with one attached hydrogen (secondary N) is 2. The number of carbonyl (C=O) groups is 2. The molecule has 0 heterocycles. The second-order valence-electron chi connectivity index (χ2n) is 11.2. The Labute approximate surface area is 255 Å². The van der Waals surface area contributed by atoms with E-state index in [4.69, 9.17) is 19.9 Å². The van der Waals surface area contributed by atoms with Crippen LogP contribution < -0.4 is 21.1 Å². The molecule has 43 heavy (non-hydrogen) atoms. The second-order valence-corrected chi connectivity index (χ2v) is 11.2. The van der Waals surface area contributed by atoms with E-state index in [0.29, 0.717) is 39.1 Å². The van der Waals surface area contributed by atoms with Gasteiger partial charge in [0.1, 0.15) is 17.6 Å². The molecule has 0 aliphatic rings. The maximum Gasteiger partial charge on any atom is 0.243 e. The minimum absolute atomic E-state index is 0.138. The zero-order valence-electron chi connectivity index (χ0n) is 26.2. The van der Waals surface area contributed by atoms with Gasteiger partial charge in [-0.05, 0) is 67.5 Å². The topological polar surface area (TPSA) is 132 Å². The monoisotopic (exact) mass is 603 g/mol. The summed E-state index contributed by atoms with van der Waals surface area (Å²) in [6.07, 6.45) is 1.33. The zero-order valence-corrected chi connectivity index (χ0v) is 26.2. The summed E-state index contributed by atoms with van der Waals surface area (Å²) in [5.41, 5.74) is 9.05. The van der Waals surface area contributed by atoms with Crippen molar-refractivity contribution in [3.8, 4) is 5.75 Å². The molecule has 0 saturated carbocycles. The van der Waals surface area contributed by atoms with E-state index in [0.717, 1.165) is 28.9 Å². The first-order valence-corrected chi connectivity index (χ1v) is 15.1. The average molecular weight is 604 g/mol. The molecule has 0 spiro atoms. The van der Waals surface area contributed by atoms with Crippen molar-refractivity contribution < 1.29 is 33.3 Å². The van der Waals surface area contributed by atoms with Crippen LogP contribution in [0.15, 0.2) is 42.5 Å². The van der Waals surface area contributed by atoms with Crippen LogP contribution in [0.3, 0.4) is 0 Å². The summed E-state index contributed by atoms with van der Waals surface area (Å²) in [6, 6.07) is 10.7. The van der Waals surface area contributed by atoms with Crippen molar-refractivity contribution in [1.82, 2.24) is 10.6 Å². The predicted octanol–water partition coefficient (Wildman–Crippen LogP) is 4.02. The fourth-order valence-electron chi connectivity index (χ4n) is 4.54. The van der Waals surface area contributed by atoms with Gasteiger partial charge in [-0.1, -0.05) is 44.5 Å². The molecule has 0 aromatic heterocycles. The molecular formula is C33H50FN3O6. The van der Waals surface area contributed by atoms with Gasteiger partial charge in [-0.2, -0.15) is 0 Å². The summed E-state index contributed by atoms with van der Waals surface area (Å²) in [5.74, 6) is -1.15. The molecule has 5 atom stereocenters. The number of amides is 2. The Morgan fingerprint density at radius 2 is 1.72 bits per heavy atom. The molecular weight excluding hydrogens is 553 g/mol. The lowest BCUT2D eigenvalue weighted by Gasteiger charge is -2.27.